The average molecular weight is 109 g/mol. The highest BCUT2D eigenvalue weighted by Crippen LogP contribution is 2.07. The Morgan fingerprint density at radius 2 is 2.62 bits per heavy atom. The summed E-state index contributed by atoms with van der Waals surface area (Å²) in [5, 5.41) is 8.28. The first kappa shape index (κ1) is 5.17. The molecular weight excluding hydrogens is 102 g/mol. The normalized spacial score (nSPS) is 26.1. The van der Waals surface area contributed by atoms with Gasteiger partial charge in [-0.05, 0) is 12.5 Å². The van der Waals surface area contributed by atoms with Gasteiger partial charge in [0.05, 0.1) is 6.26 Å². The molecule has 0 saturated carbocycles. The molecule has 2 heteroatoms. The highest BCUT2D eigenvalue weighted by Gasteiger charge is 2.06. The molecule has 0 spiro atoms. The maximum Gasteiger partial charge on any atom is 0.183 e. The lowest BCUT2D eigenvalue weighted by Crippen LogP contribution is -2.08. The summed E-state index contributed by atoms with van der Waals surface area (Å²) in [6.45, 7) is 0. The van der Waals surface area contributed by atoms with Crippen LogP contribution in [0.5, 0.6) is 0 Å². The standard InChI is InChI=1S/C6H7NO/c7-5-6-3-1-2-4-8-6/h2,4,6H,1,3H2. The van der Waals surface area contributed by atoms with Gasteiger partial charge in [-0.3, -0.25) is 0 Å². The molecule has 0 N–H and O–H groups in total. The summed E-state index contributed by atoms with van der Waals surface area (Å²) in [4.78, 5) is 0. The Labute approximate surface area is 48.4 Å². The molecule has 0 aromatic carbocycles. The highest BCUT2D eigenvalue weighted by molar-refractivity contribution is 4.92. The SMILES string of the molecule is N#CC1CCC=CO1. The molecule has 1 heterocycles. The van der Waals surface area contributed by atoms with Gasteiger partial charge in [-0.1, -0.05) is 0 Å². The first-order valence-electron chi connectivity index (χ1n) is 2.63. The van der Waals surface area contributed by atoms with E-state index in [0.29, 0.717) is 0 Å². The molecule has 1 rings (SSSR count). The summed E-state index contributed by atoms with van der Waals surface area (Å²) in [5.74, 6) is 0. The maximum atomic E-state index is 8.28. The van der Waals surface area contributed by atoms with Crippen molar-refractivity contribution < 1.29 is 4.74 Å². The molecule has 1 aliphatic heterocycles. The van der Waals surface area contributed by atoms with Gasteiger partial charge in [-0.2, -0.15) is 5.26 Å². The summed E-state index contributed by atoms with van der Waals surface area (Å²) in [7, 11) is 0. The Kier molecular flexibility index (Phi) is 1.53. The number of rotatable bonds is 0. The molecule has 0 bridgehead atoms. The molecule has 42 valence electrons. The molecule has 1 atom stereocenters. The first-order valence-corrected chi connectivity index (χ1v) is 2.63. The molecule has 1 aliphatic rings. The monoisotopic (exact) mass is 109 g/mol. The molecule has 0 aliphatic carbocycles. The third-order valence-corrected chi connectivity index (χ3v) is 1.08. The van der Waals surface area contributed by atoms with Gasteiger partial charge in [0.15, 0.2) is 6.10 Å². The largest absolute Gasteiger partial charge is 0.484 e. The van der Waals surface area contributed by atoms with Gasteiger partial charge >= 0.3 is 0 Å². The Morgan fingerprint density at radius 1 is 1.75 bits per heavy atom. The van der Waals surface area contributed by atoms with Crippen molar-refractivity contribution in [3.63, 3.8) is 0 Å². The fourth-order valence-electron chi connectivity index (χ4n) is 0.629. The van der Waals surface area contributed by atoms with E-state index in [1.165, 1.54) is 0 Å². The Morgan fingerprint density at radius 3 is 3.00 bits per heavy atom. The molecule has 1 unspecified atom stereocenters. The Balaban J connectivity index is 2.41. The van der Waals surface area contributed by atoms with E-state index in [2.05, 4.69) is 0 Å². The van der Waals surface area contributed by atoms with Crippen LogP contribution in [-0.4, -0.2) is 6.10 Å². The summed E-state index contributed by atoms with van der Waals surface area (Å²) in [6, 6.07) is 2.03. The second-order valence-corrected chi connectivity index (χ2v) is 1.70. The van der Waals surface area contributed by atoms with Gasteiger partial charge in [-0.15, -0.1) is 0 Å². The van der Waals surface area contributed by atoms with E-state index in [4.69, 9.17) is 10.00 Å². The van der Waals surface area contributed by atoms with Crippen molar-refractivity contribution in [2.24, 2.45) is 0 Å². The van der Waals surface area contributed by atoms with Crippen LogP contribution in [0.15, 0.2) is 12.3 Å². The summed E-state index contributed by atoms with van der Waals surface area (Å²) < 4.78 is 4.89. The number of hydrogen-bond donors (Lipinski definition) is 0. The van der Waals surface area contributed by atoms with Gasteiger partial charge in [0, 0.05) is 6.42 Å². The molecular formula is C6H7NO. The molecule has 2 nitrogen and oxygen atoms in total. The van der Waals surface area contributed by atoms with Gasteiger partial charge < -0.3 is 4.74 Å². The Hall–Kier alpha value is -0.970. The van der Waals surface area contributed by atoms with E-state index < -0.39 is 0 Å². The van der Waals surface area contributed by atoms with Crippen LogP contribution in [0.2, 0.25) is 0 Å². The summed E-state index contributed by atoms with van der Waals surface area (Å²) >= 11 is 0. The fraction of sp³-hybridized carbons (Fsp3) is 0.500. The zero-order valence-electron chi connectivity index (χ0n) is 4.50. The van der Waals surface area contributed by atoms with Crippen molar-refractivity contribution in [1.82, 2.24) is 0 Å². The van der Waals surface area contributed by atoms with Crippen LogP contribution >= 0.6 is 0 Å². The number of nitriles is 1. The van der Waals surface area contributed by atoms with Crippen molar-refractivity contribution in [1.29, 1.82) is 5.26 Å². The minimum Gasteiger partial charge on any atom is -0.484 e. The maximum absolute atomic E-state index is 8.28. The zero-order chi connectivity index (χ0) is 5.82. The van der Waals surface area contributed by atoms with Gasteiger partial charge in [-0.25, -0.2) is 0 Å². The number of nitrogens with zero attached hydrogens (tertiary/aromatic N) is 1. The van der Waals surface area contributed by atoms with E-state index in [1.807, 2.05) is 12.1 Å². The molecule has 8 heavy (non-hydrogen) atoms. The number of ether oxygens (including phenoxy) is 1. The van der Waals surface area contributed by atoms with Crippen molar-refractivity contribution >= 4 is 0 Å². The van der Waals surface area contributed by atoms with Crippen LogP contribution in [0.3, 0.4) is 0 Å². The second kappa shape index (κ2) is 2.37. The zero-order valence-corrected chi connectivity index (χ0v) is 4.50. The van der Waals surface area contributed by atoms with Crippen molar-refractivity contribution in [2.45, 2.75) is 18.9 Å². The lowest BCUT2D eigenvalue weighted by molar-refractivity contribution is 0.171. The average Bonchev–Trinajstić information content (AvgIpc) is 1.90. The minimum atomic E-state index is -0.194. The number of hydrogen-bond acceptors (Lipinski definition) is 2. The Bertz CT molecular complexity index is 134. The van der Waals surface area contributed by atoms with Gasteiger partial charge in [0.1, 0.15) is 6.07 Å². The topological polar surface area (TPSA) is 33.0 Å². The highest BCUT2D eigenvalue weighted by atomic mass is 16.5. The lowest BCUT2D eigenvalue weighted by atomic mass is 10.2. The van der Waals surface area contributed by atoms with E-state index in [1.54, 1.807) is 6.26 Å². The van der Waals surface area contributed by atoms with E-state index in [0.717, 1.165) is 12.8 Å². The quantitative estimate of drug-likeness (QED) is 0.468. The summed E-state index contributed by atoms with van der Waals surface area (Å²) in [6.07, 6.45) is 5.14. The summed E-state index contributed by atoms with van der Waals surface area (Å²) in [5.41, 5.74) is 0. The van der Waals surface area contributed by atoms with Crippen LogP contribution in [0.1, 0.15) is 12.8 Å². The molecule has 0 amide bonds. The minimum absolute atomic E-state index is 0.194. The predicted octanol–water partition coefficient (Wildman–Crippen LogP) is 1.20. The third kappa shape index (κ3) is 1.00. The van der Waals surface area contributed by atoms with Crippen molar-refractivity contribution in [3.8, 4) is 6.07 Å². The second-order valence-electron chi connectivity index (χ2n) is 1.70. The smallest absolute Gasteiger partial charge is 0.183 e. The molecule has 0 radical (unpaired) electrons. The van der Waals surface area contributed by atoms with Crippen LogP contribution in [-0.2, 0) is 4.74 Å². The first-order chi connectivity index (χ1) is 3.93. The van der Waals surface area contributed by atoms with Crippen LogP contribution in [0, 0.1) is 11.3 Å². The molecule has 0 aromatic heterocycles. The van der Waals surface area contributed by atoms with Crippen LogP contribution < -0.4 is 0 Å². The van der Waals surface area contributed by atoms with Crippen LogP contribution in [0.4, 0.5) is 0 Å². The van der Waals surface area contributed by atoms with E-state index >= 15 is 0 Å². The third-order valence-electron chi connectivity index (χ3n) is 1.08. The van der Waals surface area contributed by atoms with Crippen LogP contribution in [0.25, 0.3) is 0 Å². The molecule has 0 fully saturated rings. The van der Waals surface area contributed by atoms with Crippen molar-refractivity contribution in [2.75, 3.05) is 0 Å². The fourth-order valence-corrected chi connectivity index (χ4v) is 0.629. The van der Waals surface area contributed by atoms with Gasteiger partial charge in [0.2, 0.25) is 0 Å². The molecule has 0 aromatic rings. The van der Waals surface area contributed by atoms with E-state index in [-0.39, 0.29) is 6.10 Å². The van der Waals surface area contributed by atoms with E-state index in [9.17, 15) is 0 Å². The predicted molar refractivity (Wildman–Crippen MR) is 28.9 cm³/mol. The van der Waals surface area contributed by atoms with Gasteiger partial charge in [0.25, 0.3) is 0 Å². The lowest BCUT2D eigenvalue weighted by Gasteiger charge is -2.10. The molecule has 0 saturated heterocycles. The van der Waals surface area contributed by atoms with Crippen molar-refractivity contribution in [3.05, 3.63) is 12.3 Å². The number of allylic oxidation sites excluding steroid dienone is 1.